The summed E-state index contributed by atoms with van der Waals surface area (Å²) in [6, 6.07) is 1.66. The van der Waals surface area contributed by atoms with Crippen molar-refractivity contribution in [1.29, 1.82) is 0 Å². The van der Waals surface area contributed by atoms with E-state index in [0.29, 0.717) is 29.7 Å². The van der Waals surface area contributed by atoms with Gasteiger partial charge < -0.3 is 20.1 Å². The van der Waals surface area contributed by atoms with E-state index in [1.807, 2.05) is 0 Å². The number of aromatic nitrogens is 1. The molecule has 1 aromatic heterocycles. The van der Waals surface area contributed by atoms with Gasteiger partial charge in [0, 0.05) is 13.1 Å². The highest BCUT2D eigenvalue weighted by Crippen LogP contribution is 2.31. The Balaban J connectivity index is 2.37. The van der Waals surface area contributed by atoms with Gasteiger partial charge in [0.2, 0.25) is 0 Å². The van der Waals surface area contributed by atoms with E-state index in [-0.39, 0.29) is 5.82 Å². The van der Waals surface area contributed by atoms with Crippen molar-refractivity contribution in [3.8, 4) is 0 Å². The number of halogens is 1. The Bertz CT molecular complexity index is 426. The Morgan fingerprint density at radius 3 is 3.00 bits per heavy atom. The minimum absolute atomic E-state index is 0.169. The van der Waals surface area contributed by atoms with Crippen molar-refractivity contribution >= 4 is 27.4 Å². The zero-order chi connectivity index (χ0) is 11.7. The molecule has 0 unspecified atom stereocenters. The molecule has 1 atom stereocenters. The standard InChI is InChI=1S/C9H10BrN3O3/c10-6-3-8(9(11-4-6)13(15)16)12-2-1-7(14)5-12/h3-4,7,14H,1-2,5H2/t7-/m1/s1. The molecular weight excluding hydrogens is 278 g/mol. The van der Waals surface area contributed by atoms with Crippen LogP contribution in [-0.4, -0.2) is 34.2 Å². The summed E-state index contributed by atoms with van der Waals surface area (Å²) in [5.74, 6) is -0.169. The lowest BCUT2D eigenvalue weighted by molar-refractivity contribution is -0.388. The van der Waals surface area contributed by atoms with Crippen LogP contribution in [0.2, 0.25) is 0 Å². The van der Waals surface area contributed by atoms with Crippen molar-refractivity contribution in [2.75, 3.05) is 18.0 Å². The number of hydrogen-bond acceptors (Lipinski definition) is 5. The molecule has 6 nitrogen and oxygen atoms in total. The van der Waals surface area contributed by atoms with Crippen LogP contribution in [-0.2, 0) is 0 Å². The molecule has 1 fully saturated rings. The summed E-state index contributed by atoms with van der Waals surface area (Å²) in [4.78, 5) is 15.9. The van der Waals surface area contributed by atoms with Gasteiger partial charge in [-0.1, -0.05) is 0 Å². The third-order valence-electron chi connectivity index (χ3n) is 2.49. The summed E-state index contributed by atoms with van der Waals surface area (Å²) < 4.78 is 0.689. The lowest BCUT2D eigenvalue weighted by Gasteiger charge is -2.16. The van der Waals surface area contributed by atoms with Crippen LogP contribution in [0, 0.1) is 10.1 Å². The molecule has 16 heavy (non-hydrogen) atoms. The predicted molar refractivity (Wildman–Crippen MR) is 61.4 cm³/mol. The number of nitro groups is 1. The lowest BCUT2D eigenvalue weighted by Crippen LogP contribution is -2.22. The average Bonchev–Trinajstić information content (AvgIpc) is 2.64. The van der Waals surface area contributed by atoms with E-state index in [1.165, 1.54) is 6.20 Å². The summed E-state index contributed by atoms with van der Waals surface area (Å²) in [5.41, 5.74) is 0.455. The molecule has 0 radical (unpaired) electrons. The molecule has 1 aromatic rings. The van der Waals surface area contributed by atoms with Gasteiger partial charge in [0.15, 0.2) is 6.20 Å². The fourth-order valence-electron chi connectivity index (χ4n) is 1.76. The highest BCUT2D eigenvalue weighted by Gasteiger charge is 2.27. The minimum Gasteiger partial charge on any atom is -0.391 e. The summed E-state index contributed by atoms with van der Waals surface area (Å²) in [6.45, 7) is 1.03. The van der Waals surface area contributed by atoms with E-state index in [2.05, 4.69) is 20.9 Å². The first kappa shape index (κ1) is 11.3. The number of aliphatic hydroxyl groups excluding tert-OH is 1. The number of pyridine rings is 1. The molecule has 1 aliphatic heterocycles. The highest BCUT2D eigenvalue weighted by molar-refractivity contribution is 9.10. The number of rotatable bonds is 2. The summed E-state index contributed by atoms with van der Waals surface area (Å²) in [6.07, 6.45) is 1.61. The Kier molecular flexibility index (Phi) is 3.06. The van der Waals surface area contributed by atoms with Crippen molar-refractivity contribution in [2.45, 2.75) is 12.5 Å². The molecule has 0 bridgehead atoms. The molecular formula is C9H10BrN3O3. The van der Waals surface area contributed by atoms with Gasteiger partial charge in [-0.2, -0.15) is 0 Å². The zero-order valence-electron chi connectivity index (χ0n) is 8.34. The van der Waals surface area contributed by atoms with Crippen LogP contribution in [0.3, 0.4) is 0 Å². The first-order valence-electron chi connectivity index (χ1n) is 4.81. The molecule has 86 valence electrons. The Morgan fingerprint density at radius 1 is 1.69 bits per heavy atom. The maximum Gasteiger partial charge on any atom is 0.387 e. The maximum atomic E-state index is 10.8. The summed E-state index contributed by atoms with van der Waals surface area (Å²) in [7, 11) is 0. The van der Waals surface area contributed by atoms with Gasteiger partial charge in [-0.3, -0.25) is 0 Å². The van der Waals surface area contributed by atoms with Crippen molar-refractivity contribution in [2.24, 2.45) is 0 Å². The average molecular weight is 288 g/mol. The van der Waals surface area contributed by atoms with Crippen molar-refractivity contribution in [1.82, 2.24) is 4.98 Å². The molecule has 2 rings (SSSR count). The van der Waals surface area contributed by atoms with E-state index in [1.54, 1.807) is 11.0 Å². The fourth-order valence-corrected chi connectivity index (χ4v) is 2.07. The van der Waals surface area contributed by atoms with Crippen LogP contribution >= 0.6 is 15.9 Å². The van der Waals surface area contributed by atoms with Crippen LogP contribution in [0.1, 0.15) is 6.42 Å². The maximum absolute atomic E-state index is 10.8. The molecule has 0 saturated carbocycles. The van der Waals surface area contributed by atoms with E-state index in [4.69, 9.17) is 0 Å². The number of hydrogen-bond donors (Lipinski definition) is 1. The van der Waals surface area contributed by atoms with Crippen LogP contribution in [0.5, 0.6) is 0 Å². The second kappa shape index (κ2) is 4.34. The SMILES string of the molecule is O=[N+]([O-])c1ncc(Br)cc1N1CC[C@@H](O)C1. The topological polar surface area (TPSA) is 79.5 Å². The third-order valence-corrected chi connectivity index (χ3v) is 2.92. The summed E-state index contributed by atoms with van der Waals surface area (Å²) >= 11 is 3.23. The number of β-amino-alcohol motifs (C(OH)–C–C–N with tert-alkyl or cyclic N) is 1. The van der Waals surface area contributed by atoms with E-state index >= 15 is 0 Å². The van der Waals surface area contributed by atoms with Gasteiger partial charge >= 0.3 is 5.82 Å². The highest BCUT2D eigenvalue weighted by atomic mass is 79.9. The van der Waals surface area contributed by atoms with Crippen molar-refractivity contribution in [3.63, 3.8) is 0 Å². The monoisotopic (exact) mass is 287 g/mol. The normalized spacial score (nSPS) is 20.1. The largest absolute Gasteiger partial charge is 0.391 e. The van der Waals surface area contributed by atoms with E-state index in [0.717, 1.165) is 0 Å². The second-order valence-electron chi connectivity index (χ2n) is 3.64. The molecule has 2 heterocycles. The van der Waals surface area contributed by atoms with Crippen LogP contribution in [0.15, 0.2) is 16.7 Å². The van der Waals surface area contributed by atoms with E-state index in [9.17, 15) is 15.2 Å². The smallest absolute Gasteiger partial charge is 0.387 e. The lowest BCUT2D eigenvalue weighted by atomic mass is 10.3. The van der Waals surface area contributed by atoms with Gasteiger partial charge in [0.25, 0.3) is 0 Å². The Labute approximate surface area is 100 Å². The quantitative estimate of drug-likeness (QED) is 0.656. The molecule has 0 aromatic carbocycles. The van der Waals surface area contributed by atoms with E-state index < -0.39 is 11.0 Å². The zero-order valence-corrected chi connectivity index (χ0v) is 9.92. The van der Waals surface area contributed by atoms with Crippen LogP contribution in [0.25, 0.3) is 0 Å². The van der Waals surface area contributed by atoms with Gasteiger partial charge in [0.1, 0.15) is 5.69 Å². The fraction of sp³-hybridized carbons (Fsp3) is 0.444. The molecule has 0 amide bonds. The minimum atomic E-state index is -0.507. The molecule has 0 aliphatic carbocycles. The van der Waals surface area contributed by atoms with Gasteiger partial charge in [-0.25, -0.2) is 0 Å². The first-order chi connectivity index (χ1) is 7.58. The third kappa shape index (κ3) is 2.14. The predicted octanol–water partition coefficient (Wildman–Crippen LogP) is 1.32. The molecule has 0 spiro atoms. The molecule has 1 saturated heterocycles. The number of nitrogens with zero attached hydrogens (tertiary/aromatic N) is 3. The van der Waals surface area contributed by atoms with Crippen molar-refractivity contribution in [3.05, 3.63) is 26.9 Å². The molecule has 7 heteroatoms. The summed E-state index contributed by atoms with van der Waals surface area (Å²) in [5, 5.41) is 20.2. The number of aliphatic hydroxyl groups is 1. The van der Waals surface area contributed by atoms with Gasteiger partial charge in [-0.05, 0) is 38.3 Å². The molecule has 1 N–H and O–H groups in total. The van der Waals surface area contributed by atoms with Gasteiger partial charge in [-0.15, -0.1) is 0 Å². The van der Waals surface area contributed by atoms with Crippen LogP contribution in [0.4, 0.5) is 11.5 Å². The van der Waals surface area contributed by atoms with Crippen LogP contribution < -0.4 is 4.90 Å². The van der Waals surface area contributed by atoms with Gasteiger partial charge in [0.05, 0.1) is 10.6 Å². The molecule has 1 aliphatic rings. The Hall–Kier alpha value is -1.21. The first-order valence-corrected chi connectivity index (χ1v) is 5.60. The Morgan fingerprint density at radius 2 is 2.44 bits per heavy atom. The second-order valence-corrected chi connectivity index (χ2v) is 4.56. The number of anilines is 1. The van der Waals surface area contributed by atoms with Crippen molar-refractivity contribution < 1.29 is 10.0 Å².